The predicted octanol–water partition coefficient (Wildman–Crippen LogP) is 0.612. The zero-order chi connectivity index (χ0) is 12.1. The van der Waals surface area contributed by atoms with Crippen LogP contribution in [-0.2, 0) is 0 Å². The zero-order valence-electron chi connectivity index (χ0n) is 10.9. The van der Waals surface area contributed by atoms with Crippen molar-refractivity contribution in [1.29, 1.82) is 5.26 Å². The summed E-state index contributed by atoms with van der Waals surface area (Å²) in [7, 11) is 2.20. The molecule has 0 unspecified atom stereocenters. The number of hydrogen-bond acceptors (Lipinski definition) is 4. The highest BCUT2D eigenvalue weighted by atomic mass is 15.3. The molecule has 2 rings (SSSR count). The summed E-state index contributed by atoms with van der Waals surface area (Å²) in [6.45, 7) is 8.09. The summed E-state index contributed by atoms with van der Waals surface area (Å²) in [4.78, 5) is 7.47. The van der Waals surface area contributed by atoms with Gasteiger partial charge in [0.2, 0.25) is 0 Å². The molecule has 0 amide bonds. The Morgan fingerprint density at radius 1 is 1.18 bits per heavy atom. The van der Waals surface area contributed by atoms with Crippen molar-refractivity contribution < 1.29 is 0 Å². The van der Waals surface area contributed by atoms with Gasteiger partial charge in [-0.25, -0.2) is 0 Å². The van der Waals surface area contributed by atoms with Gasteiger partial charge in [-0.15, -0.1) is 0 Å². The molecule has 1 saturated carbocycles. The average Bonchev–Trinajstić information content (AvgIpc) is 3.16. The van der Waals surface area contributed by atoms with Crippen molar-refractivity contribution in [2.24, 2.45) is 0 Å². The van der Waals surface area contributed by atoms with Gasteiger partial charge in [-0.2, -0.15) is 5.26 Å². The number of piperazine rings is 1. The molecular weight excluding hydrogens is 212 g/mol. The summed E-state index contributed by atoms with van der Waals surface area (Å²) >= 11 is 0. The van der Waals surface area contributed by atoms with Crippen LogP contribution in [0.1, 0.15) is 19.3 Å². The van der Waals surface area contributed by atoms with Crippen molar-refractivity contribution in [3.05, 3.63) is 0 Å². The predicted molar refractivity (Wildman–Crippen MR) is 68.8 cm³/mol. The number of hydrogen-bond donors (Lipinski definition) is 0. The van der Waals surface area contributed by atoms with Gasteiger partial charge in [0.1, 0.15) is 0 Å². The number of nitrogens with zero attached hydrogens (tertiary/aromatic N) is 4. The van der Waals surface area contributed by atoms with Crippen LogP contribution in [0.5, 0.6) is 0 Å². The van der Waals surface area contributed by atoms with E-state index in [1.165, 1.54) is 45.6 Å². The Morgan fingerprint density at radius 3 is 2.47 bits per heavy atom. The van der Waals surface area contributed by atoms with Gasteiger partial charge in [-0.3, -0.25) is 9.80 Å². The van der Waals surface area contributed by atoms with E-state index >= 15 is 0 Å². The average molecular weight is 236 g/mol. The van der Waals surface area contributed by atoms with Crippen molar-refractivity contribution in [3.63, 3.8) is 0 Å². The Hall–Kier alpha value is -0.630. The summed E-state index contributed by atoms with van der Waals surface area (Å²) in [5.41, 5.74) is 0. The fourth-order valence-corrected chi connectivity index (χ4v) is 2.45. The van der Waals surface area contributed by atoms with E-state index in [1.54, 1.807) is 0 Å². The topological polar surface area (TPSA) is 33.5 Å². The Kier molecular flexibility index (Phi) is 4.78. The number of nitriles is 1. The first-order chi connectivity index (χ1) is 8.29. The minimum Gasteiger partial charge on any atom is -0.304 e. The fraction of sp³-hybridized carbons (Fsp3) is 0.923. The normalized spacial score (nSPS) is 22.9. The third kappa shape index (κ3) is 4.27. The Morgan fingerprint density at radius 2 is 1.88 bits per heavy atom. The molecule has 2 fully saturated rings. The second-order valence-corrected chi connectivity index (χ2v) is 5.32. The van der Waals surface area contributed by atoms with Gasteiger partial charge in [0, 0.05) is 58.3 Å². The van der Waals surface area contributed by atoms with Crippen molar-refractivity contribution in [3.8, 4) is 6.07 Å². The molecule has 0 bridgehead atoms. The molecule has 4 nitrogen and oxygen atoms in total. The standard InChI is InChI=1S/C13H24N4/c1-15-7-9-16(10-8-15)11-12-17(6-2-5-14)13-3-4-13/h13H,2-4,6-12H2,1H3. The molecule has 0 radical (unpaired) electrons. The highest BCUT2D eigenvalue weighted by molar-refractivity contribution is 4.87. The zero-order valence-corrected chi connectivity index (χ0v) is 10.9. The first-order valence-corrected chi connectivity index (χ1v) is 6.81. The van der Waals surface area contributed by atoms with Crippen LogP contribution in [0.2, 0.25) is 0 Å². The summed E-state index contributed by atoms with van der Waals surface area (Å²) in [6.07, 6.45) is 3.36. The van der Waals surface area contributed by atoms with Gasteiger partial charge >= 0.3 is 0 Å². The molecule has 2 aliphatic rings. The van der Waals surface area contributed by atoms with Crippen LogP contribution in [0.15, 0.2) is 0 Å². The second kappa shape index (κ2) is 6.34. The van der Waals surface area contributed by atoms with Crippen LogP contribution in [0.25, 0.3) is 0 Å². The molecule has 0 aromatic heterocycles. The molecule has 17 heavy (non-hydrogen) atoms. The van der Waals surface area contributed by atoms with Crippen LogP contribution < -0.4 is 0 Å². The third-order valence-electron chi connectivity index (χ3n) is 3.87. The second-order valence-electron chi connectivity index (χ2n) is 5.32. The van der Waals surface area contributed by atoms with Crippen molar-refractivity contribution in [2.45, 2.75) is 25.3 Å². The van der Waals surface area contributed by atoms with Gasteiger partial charge in [0.25, 0.3) is 0 Å². The molecular formula is C13H24N4. The van der Waals surface area contributed by atoms with Crippen molar-refractivity contribution in [2.75, 3.05) is 52.9 Å². The lowest BCUT2D eigenvalue weighted by Gasteiger charge is -2.33. The van der Waals surface area contributed by atoms with Crippen LogP contribution in [0.3, 0.4) is 0 Å². The van der Waals surface area contributed by atoms with E-state index in [-0.39, 0.29) is 0 Å². The quantitative estimate of drug-likeness (QED) is 0.677. The van der Waals surface area contributed by atoms with Crippen molar-refractivity contribution >= 4 is 0 Å². The Labute approximate surface area is 105 Å². The van der Waals surface area contributed by atoms with Crippen molar-refractivity contribution in [1.82, 2.24) is 14.7 Å². The maximum absolute atomic E-state index is 8.67. The summed E-state index contributed by atoms with van der Waals surface area (Å²) in [5.74, 6) is 0. The molecule has 96 valence electrons. The van der Waals surface area contributed by atoms with Crippen LogP contribution in [0.4, 0.5) is 0 Å². The number of likely N-dealkylation sites (N-methyl/N-ethyl adjacent to an activating group) is 1. The SMILES string of the molecule is CN1CCN(CCN(CCC#N)C2CC2)CC1. The molecule has 1 aliphatic heterocycles. The Balaban J connectivity index is 1.66. The van der Waals surface area contributed by atoms with E-state index in [1.807, 2.05) is 0 Å². The molecule has 1 heterocycles. The van der Waals surface area contributed by atoms with E-state index in [9.17, 15) is 0 Å². The molecule has 0 spiro atoms. The molecule has 1 saturated heterocycles. The van der Waals surface area contributed by atoms with Gasteiger partial charge in [0.15, 0.2) is 0 Å². The number of rotatable bonds is 6. The monoisotopic (exact) mass is 236 g/mol. The Bertz CT molecular complexity index is 261. The summed E-state index contributed by atoms with van der Waals surface area (Å²) < 4.78 is 0. The van der Waals surface area contributed by atoms with Gasteiger partial charge in [-0.1, -0.05) is 0 Å². The molecule has 0 atom stereocenters. The molecule has 4 heteroatoms. The van der Waals surface area contributed by atoms with Gasteiger partial charge in [-0.05, 0) is 19.9 Å². The lowest BCUT2D eigenvalue weighted by atomic mass is 10.3. The van der Waals surface area contributed by atoms with E-state index in [0.29, 0.717) is 6.42 Å². The third-order valence-corrected chi connectivity index (χ3v) is 3.87. The highest BCUT2D eigenvalue weighted by Crippen LogP contribution is 2.26. The molecule has 1 aliphatic carbocycles. The fourth-order valence-electron chi connectivity index (χ4n) is 2.45. The smallest absolute Gasteiger partial charge is 0.0635 e. The minimum atomic E-state index is 0.680. The lowest BCUT2D eigenvalue weighted by Crippen LogP contribution is -2.47. The van der Waals surface area contributed by atoms with Gasteiger partial charge in [0.05, 0.1) is 6.07 Å². The first-order valence-electron chi connectivity index (χ1n) is 6.81. The van der Waals surface area contributed by atoms with E-state index in [2.05, 4.69) is 27.8 Å². The maximum atomic E-state index is 8.67. The molecule has 0 N–H and O–H groups in total. The summed E-state index contributed by atoms with van der Waals surface area (Å²) in [6, 6.07) is 3.05. The minimum absolute atomic E-state index is 0.680. The van der Waals surface area contributed by atoms with E-state index < -0.39 is 0 Å². The van der Waals surface area contributed by atoms with Gasteiger partial charge < -0.3 is 4.90 Å². The maximum Gasteiger partial charge on any atom is 0.0635 e. The lowest BCUT2D eigenvalue weighted by molar-refractivity contribution is 0.133. The van der Waals surface area contributed by atoms with Crippen LogP contribution >= 0.6 is 0 Å². The van der Waals surface area contributed by atoms with E-state index in [0.717, 1.165) is 19.1 Å². The largest absolute Gasteiger partial charge is 0.304 e. The van der Waals surface area contributed by atoms with E-state index in [4.69, 9.17) is 5.26 Å². The van der Waals surface area contributed by atoms with Crippen LogP contribution in [-0.4, -0.2) is 73.6 Å². The molecule has 0 aromatic carbocycles. The highest BCUT2D eigenvalue weighted by Gasteiger charge is 2.28. The summed E-state index contributed by atoms with van der Waals surface area (Å²) in [5, 5.41) is 8.67. The van der Waals surface area contributed by atoms with Crippen LogP contribution in [0, 0.1) is 11.3 Å². The molecule has 0 aromatic rings. The first kappa shape index (κ1) is 12.8.